The molecule has 5 nitrogen and oxygen atoms in total. The van der Waals surface area contributed by atoms with E-state index >= 15 is 0 Å². The SMILES string of the molecule is CC(C(=O)O)N1CC(C2CC2)OC1=O. The molecular weight excluding hydrogens is 186 g/mol. The second kappa shape index (κ2) is 3.15. The average molecular weight is 199 g/mol. The third kappa shape index (κ3) is 1.54. The van der Waals surface area contributed by atoms with Crippen LogP contribution >= 0.6 is 0 Å². The maximum absolute atomic E-state index is 11.3. The highest BCUT2D eigenvalue weighted by molar-refractivity contribution is 5.80. The van der Waals surface area contributed by atoms with Crippen molar-refractivity contribution in [2.24, 2.45) is 5.92 Å². The van der Waals surface area contributed by atoms with Crippen LogP contribution in [0.3, 0.4) is 0 Å². The Balaban J connectivity index is 1.99. The number of carbonyl (C=O) groups is 2. The van der Waals surface area contributed by atoms with E-state index in [0.29, 0.717) is 12.5 Å². The molecular formula is C9H13NO4. The molecule has 0 aromatic rings. The van der Waals surface area contributed by atoms with Crippen LogP contribution in [0.2, 0.25) is 0 Å². The van der Waals surface area contributed by atoms with E-state index in [2.05, 4.69) is 0 Å². The molecule has 2 fully saturated rings. The summed E-state index contributed by atoms with van der Waals surface area (Å²) in [5.74, 6) is -0.525. The summed E-state index contributed by atoms with van der Waals surface area (Å²) in [6.45, 7) is 1.93. The predicted octanol–water partition coefficient (Wildman–Crippen LogP) is 0.690. The highest BCUT2D eigenvalue weighted by Gasteiger charge is 2.44. The van der Waals surface area contributed by atoms with Gasteiger partial charge in [0.1, 0.15) is 12.1 Å². The summed E-state index contributed by atoms with van der Waals surface area (Å²) < 4.78 is 5.09. The zero-order valence-corrected chi connectivity index (χ0v) is 7.97. The minimum absolute atomic E-state index is 0.0794. The molecule has 0 bridgehead atoms. The number of aliphatic carboxylic acids is 1. The van der Waals surface area contributed by atoms with E-state index in [4.69, 9.17) is 9.84 Å². The number of hydrogen-bond acceptors (Lipinski definition) is 3. The van der Waals surface area contributed by atoms with Crippen LogP contribution in [-0.2, 0) is 9.53 Å². The van der Waals surface area contributed by atoms with E-state index < -0.39 is 18.1 Å². The van der Waals surface area contributed by atoms with Gasteiger partial charge in [-0.05, 0) is 25.7 Å². The molecule has 1 saturated carbocycles. The summed E-state index contributed by atoms with van der Waals surface area (Å²) in [4.78, 5) is 23.3. The Bertz CT molecular complexity index is 274. The highest BCUT2D eigenvalue weighted by atomic mass is 16.6. The molecule has 2 atom stereocenters. The van der Waals surface area contributed by atoms with Crippen LogP contribution in [-0.4, -0.2) is 40.8 Å². The Kier molecular flexibility index (Phi) is 2.09. The lowest BCUT2D eigenvalue weighted by Crippen LogP contribution is -2.39. The maximum Gasteiger partial charge on any atom is 0.410 e. The van der Waals surface area contributed by atoms with Crippen LogP contribution in [0.25, 0.3) is 0 Å². The van der Waals surface area contributed by atoms with Crippen molar-refractivity contribution in [3.05, 3.63) is 0 Å². The highest BCUT2D eigenvalue weighted by Crippen LogP contribution is 2.37. The van der Waals surface area contributed by atoms with Crippen LogP contribution < -0.4 is 0 Å². The molecule has 1 amide bonds. The molecule has 14 heavy (non-hydrogen) atoms. The van der Waals surface area contributed by atoms with Crippen molar-refractivity contribution in [1.82, 2.24) is 4.90 Å². The molecule has 0 aromatic carbocycles. The first-order valence-corrected chi connectivity index (χ1v) is 4.79. The van der Waals surface area contributed by atoms with Crippen molar-refractivity contribution in [1.29, 1.82) is 0 Å². The van der Waals surface area contributed by atoms with Crippen molar-refractivity contribution in [2.45, 2.75) is 31.9 Å². The van der Waals surface area contributed by atoms with Crippen molar-refractivity contribution in [3.63, 3.8) is 0 Å². The predicted molar refractivity (Wildman–Crippen MR) is 46.8 cm³/mol. The molecule has 0 spiro atoms. The van der Waals surface area contributed by atoms with Crippen molar-refractivity contribution in [3.8, 4) is 0 Å². The van der Waals surface area contributed by atoms with E-state index in [1.54, 1.807) is 0 Å². The van der Waals surface area contributed by atoms with Crippen LogP contribution in [0.1, 0.15) is 19.8 Å². The van der Waals surface area contributed by atoms with Gasteiger partial charge in [0.25, 0.3) is 0 Å². The largest absolute Gasteiger partial charge is 0.480 e. The van der Waals surface area contributed by atoms with Gasteiger partial charge >= 0.3 is 12.1 Å². The molecule has 2 rings (SSSR count). The quantitative estimate of drug-likeness (QED) is 0.726. The summed E-state index contributed by atoms with van der Waals surface area (Å²) >= 11 is 0. The molecule has 0 radical (unpaired) electrons. The van der Waals surface area contributed by atoms with Gasteiger partial charge in [-0.1, -0.05) is 0 Å². The summed E-state index contributed by atoms with van der Waals surface area (Å²) in [6, 6.07) is -0.786. The Labute approximate surface area is 81.6 Å². The summed E-state index contributed by atoms with van der Waals surface area (Å²) in [5.41, 5.74) is 0. The number of carboxylic acid groups (broad SMARTS) is 1. The van der Waals surface area contributed by atoms with E-state index in [1.165, 1.54) is 11.8 Å². The maximum atomic E-state index is 11.3. The van der Waals surface area contributed by atoms with Gasteiger partial charge in [0.15, 0.2) is 0 Å². The molecule has 1 aliphatic carbocycles. The van der Waals surface area contributed by atoms with Crippen molar-refractivity contribution < 1.29 is 19.4 Å². The zero-order chi connectivity index (χ0) is 10.3. The van der Waals surface area contributed by atoms with E-state index in [1.807, 2.05) is 0 Å². The molecule has 78 valence electrons. The normalized spacial score (nSPS) is 28.8. The fourth-order valence-corrected chi connectivity index (χ4v) is 1.67. The lowest BCUT2D eigenvalue weighted by Gasteiger charge is -2.17. The minimum Gasteiger partial charge on any atom is -0.480 e. The number of amides is 1. The van der Waals surface area contributed by atoms with Gasteiger partial charge < -0.3 is 9.84 Å². The first-order valence-electron chi connectivity index (χ1n) is 4.79. The minimum atomic E-state index is -0.988. The molecule has 1 saturated heterocycles. The van der Waals surface area contributed by atoms with E-state index in [-0.39, 0.29) is 6.10 Å². The second-order valence-corrected chi connectivity index (χ2v) is 3.93. The zero-order valence-electron chi connectivity index (χ0n) is 7.97. The lowest BCUT2D eigenvalue weighted by molar-refractivity contribution is -0.141. The van der Waals surface area contributed by atoms with Crippen LogP contribution in [0, 0.1) is 5.92 Å². The average Bonchev–Trinajstić information content (AvgIpc) is 2.89. The van der Waals surface area contributed by atoms with Gasteiger partial charge in [-0.25, -0.2) is 9.59 Å². The molecule has 5 heteroatoms. The van der Waals surface area contributed by atoms with Crippen molar-refractivity contribution in [2.75, 3.05) is 6.54 Å². The molecule has 0 aromatic heterocycles. The topological polar surface area (TPSA) is 66.8 Å². The van der Waals surface area contributed by atoms with Gasteiger partial charge in [-0.15, -0.1) is 0 Å². The molecule has 2 aliphatic rings. The van der Waals surface area contributed by atoms with E-state index in [9.17, 15) is 9.59 Å². The second-order valence-electron chi connectivity index (χ2n) is 3.93. The number of carboxylic acids is 1. The first-order chi connectivity index (χ1) is 6.59. The third-order valence-electron chi connectivity index (χ3n) is 2.84. The van der Waals surface area contributed by atoms with E-state index in [0.717, 1.165) is 12.8 Å². The Hall–Kier alpha value is -1.26. The van der Waals surface area contributed by atoms with Gasteiger partial charge in [0.2, 0.25) is 0 Å². The van der Waals surface area contributed by atoms with Gasteiger partial charge in [-0.2, -0.15) is 0 Å². The van der Waals surface area contributed by atoms with Crippen molar-refractivity contribution >= 4 is 12.1 Å². The third-order valence-corrected chi connectivity index (χ3v) is 2.84. The van der Waals surface area contributed by atoms with Crippen LogP contribution in [0.4, 0.5) is 4.79 Å². The lowest BCUT2D eigenvalue weighted by atomic mass is 10.2. The van der Waals surface area contributed by atoms with Crippen LogP contribution in [0.15, 0.2) is 0 Å². The molecule has 1 aliphatic heterocycles. The Morgan fingerprint density at radius 2 is 2.29 bits per heavy atom. The summed E-state index contributed by atoms with van der Waals surface area (Å²) in [7, 11) is 0. The fourth-order valence-electron chi connectivity index (χ4n) is 1.67. The number of nitrogens with zero attached hydrogens (tertiary/aromatic N) is 1. The van der Waals surface area contributed by atoms with Crippen LogP contribution in [0.5, 0.6) is 0 Å². The van der Waals surface area contributed by atoms with Gasteiger partial charge in [0, 0.05) is 0 Å². The molecule has 1 heterocycles. The smallest absolute Gasteiger partial charge is 0.410 e. The summed E-state index contributed by atoms with van der Waals surface area (Å²) in [6.07, 6.45) is 1.61. The number of cyclic esters (lactones) is 1. The number of rotatable bonds is 3. The fraction of sp³-hybridized carbons (Fsp3) is 0.778. The standard InChI is InChI=1S/C9H13NO4/c1-5(8(11)12)10-4-7(6-2-3-6)14-9(10)13/h5-7H,2-4H2,1H3,(H,11,12). The Morgan fingerprint density at radius 1 is 1.64 bits per heavy atom. The number of hydrogen-bond donors (Lipinski definition) is 1. The monoisotopic (exact) mass is 199 g/mol. The summed E-state index contributed by atoms with van der Waals surface area (Å²) in [5, 5.41) is 8.75. The first kappa shape index (κ1) is 9.30. The number of ether oxygens (including phenoxy) is 1. The Morgan fingerprint density at radius 3 is 2.79 bits per heavy atom. The molecule has 2 unspecified atom stereocenters. The number of carbonyl (C=O) groups excluding carboxylic acids is 1. The van der Waals surface area contributed by atoms with Gasteiger partial charge in [0.05, 0.1) is 6.54 Å². The van der Waals surface area contributed by atoms with Gasteiger partial charge in [-0.3, -0.25) is 4.90 Å². The molecule has 1 N–H and O–H groups in total.